The van der Waals surface area contributed by atoms with Gasteiger partial charge in [-0.15, -0.1) is 10.3 Å². The molecule has 0 unspecified atom stereocenters. The number of anilines is 1. The zero-order valence-electron chi connectivity index (χ0n) is 8.58. The van der Waals surface area contributed by atoms with Gasteiger partial charge in [-0.3, -0.25) is 0 Å². The van der Waals surface area contributed by atoms with Crippen molar-refractivity contribution in [3.05, 3.63) is 65.9 Å². The van der Waals surface area contributed by atoms with Crippen molar-refractivity contribution in [1.29, 1.82) is 0 Å². The van der Waals surface area contributed by atoms with E-state index in [1.807, 2.05) is 36.4 Å². The Hall–Kier alpha value is -2.36. The van der Waals surface area contributed by atoms with E-state index in [2.05, 4.69) is 10.6 Å². The lowest BCUT2D eigenvalue weighted by atomic mass is 10.3. The average molecular weight is 213 g/mol. The fourth-order valence-electron chi connectivity index (χ4n) is 1.23. The molecule has 16 heavy (non-hydrogen) atoms. The summed E-state index contributed by atoms with van der Waals surface area (Å²) in [5.41, 5.74) is 3.95. The number of nitrogens with zero attached hydrogens (tertiary/aromatic N) is 2. The average Bonchev–Trinajstić information content (AvgIpc) is 2.38. The number of para-hydroxylation sites is 2. The van der Waals surface area contributed by atoms with Crippen LogP contribution in [-0.4, -0.2) is 4.86 Å². The summed E-state index contributed by atoms with van der Waals surface area (Å²) in [7, 11) is 0. The number of hydrogen-bond donors (Lipinski definition) is 1. The van der Waals surface area contributed by atoms with E-state index >= 15 is 0 Å². The Morgan fingerprint density at radius 2 is 1.44 bits per heavy atom. The van der Waals surface area contributed by atoms with Gasteiger partial charge in [-0.25, -0.2) is 0 Å². The van der Waals surface area contributed by atoms with Crippen molar-refractivity contribution in [3.8, 4) is 0 Å². The lowest BCUT2D eigenvalue weighted by molar-refractivity contribution is -0.439. The van der Waals surface area contributed by atoms with Gasteiger partial charge in [0.2, 0.25) is 0 Å². The number of nitrogens with one attached hydrogen (secondary N) is 1. The van der Waals surface area contributed by atoms with Gasteiger partial charge < -0.3 is 5.21 Å². The van der Waals surface area contributed by atoms with Crippen molar-refractivity contribution >= 4 is 11.4 Å². The molecule has 0 aliphatic carbocycles. The maximum absolute atomic E-state index is 11.5. The van der Waals surface area contributed by atoms with Gasteiger partial charge in [-0.2, -0.15) is 0 Å². The summed E-state index contributed by atoms with van der Waals surface area (Å²) in [6.45, 7) is 0. The maximum Gasteiger partial charge on any atom is 0.154 e. The van der Waals surface area contributed by atoms with Crippen LogP contribution < -0.4 is 5.43 Å². The first-order chi connectivity index (χ1) is 7.86. The molecule has 0 bridgehead atoms. The predicted molar refractivity (Wildman–Crippen MR) is 62.2 cm³/mol. The molecule has 0 saturated carbocycles. The van der Waals surface area contributed by atoms with Crippen molar-refractivity contribution in [2.24, 2.45) is 5.22 Å². The molecule has 0 atom stereocenters. The lowest BCUT2D eigenvalue weighted by Crippen LogP contribution is -1.97. The Balaban J connectivity index is 2.09. The predicted octanol–water partition coefficient (Wildman–Crippen LogP) is 3.31. The third-order valence-electron chi connectivity index (χ3n) is 2.02. The first-order valence-electron chi connectivity index (χ1n) is 4.90. The monoisotopic (exact) mass is 213 g/mol. The van der Waals surface area contributed by atoms with Crippen molar-refractivity contribution in [2.45, 2.75) is 0 Å². The second-order valence-corrected chi connectivity index (χ2v) is 3.19. The fourth-order valence-corrected chi connectivity index (χ4v) is 1.23. The lowest BCUT2D eigenvalue weighted by Gasteiger charge is -2.04. The van der Waals surface area contributed by atoms with Crippen molar-refractivity contribution < 1.29 is 4.86 Å². The third-order valence-corrected chi connectivity index (χ3v) is 2.02. The van der Waals surface area contributed by atoms with E-state index in [1.165, 1.54) is 0 Å². The number of benzene rings is 2. The molecule has 80 valence electrons. The highest BCUT2D eigenvalue weighted by Gasteiger charge is 1.96. The highest BCUT2D eigenvalue weighted by Crippen LogP contribution is 2.10. The topological polar surface area (TPSA) is 50.5 Å². The quantitative estimate of drug-likeness (QED) is 0.483. The summed E-state index contributed by atoms with van der Waals surface area (Å²) in [4.78, 5) is 0.549. The molecule has 0 fully saturated rings. The Morgan fingerprint density at radius 3 is 2.06 bits per heavy atom. The summed E-state index contributed by atoms with van der Waals surface area (Å²) in [6, 6.07) is 18.1. The van der Waals surface area contributed by atoms with E-state index < -0.39 is 0 Å². The molecule has 2 rings (SSSR count). The second-order valence-electron chi connectivity index (χ2n) is 3.19. The highest BCUT2D eigenvalue weighted by molar-refractivity contribution is 5.41. The van der Waals surface area contributed by atoms with E-state index in [1.54, 1.807) is 24.3 Å². The van der Waals surface area contributed by atoms with Crippen LogP contribution in [-0.2, 0) is 0 Å². The van der Waals surface area contributed by atoms with Crippen LogP contribution in [0, 0.1) is 5.21 Å². The zero-order valence-corrected chi connectivity index (χ0v) is 8.58. The van der Waals surface area contributed by atoms with E-state index in [0.717, 1.165) is 5.69 Å². The van der Waals surface area contributed by atoms with Gasteiger partial charge in [-0.05, 0) is 24.3 Å². The second kappa shape index (κ2) is 4.93. The smallest absolute Gasteiger partial charge is 0.154 e. The van der Waals surface area contributed by atoms with Crippen LogP contribution in [0.3, 0.4) is 0 Å². The molecular weight excluding hydrogens is 202 g/mol. The molecule has 0 aliphatic heterocycles. The SMILES string of the molecule is [O-][N+](=NNc1ccccc1)c1ccccc1. The molecule has 2 aromatic rings. The Morgan fingerprint density at radius 1 is 0.875 bits per heavy atom. The minimum absolute atomic E-state index is 0.492. The van der Waals surface area contributed by atoms with Crippen molar-refractivity contribution in [2.75, 3.05) is 5.43 Å². The van der Waals surface area contributed by atoms with Gasteiger partial charge in [0.1, 0.15) is 5.69 Å². The van der Waals surface area contributed by atoms with Crippen molar-refractivity contribution in [1.82, 2.24) is 0 Å². The number of rotatable bonds is 3. The summed E-state index contributed by atoms with van der Waals surface area (Å²) < 4.78 is 0. The molecule has 0 aliphatic rings. The van der Waals surface area contributed by atoms with Crippen LogP contribution >= 0.6 is 0 Å². The summed E-state index contributed by atoms with van der Waals surface area (Å²) in [5, 5.41) is 15.2. The summed E-state index contributed by atoms with van der Waals surface area (Å²) in [5.74, 6) is 0. The van der Waals surface area contributed by atoms with Gasteiger partial charge in [0.15, 0.2) is 5.69 Å². The summed E-state index contributed by atoms with van der Waals surface area (Å²) in [6.07, 6.45) is 0. The van der Waals surface area contributed by atoms with E-state index in [9.17, 15) is 5.21 Å². The highest BCUT2D eigenvalue weighted by atomic mass is 16.5. The molecule has 1 N–H and O–H groups in total. The van der Waals surface area contributed by atoms with E-state index in [0.29, 0.717) is 10.5 Å². The molecule has 0 aromatic heterocycles. The number of hydrogen-bond acceptors (Lipinski definition) is 2. The van der Waals surface area contributed by atoms with Gasteiger partial charge >= 0.3 is 0 Å². The standard InChI is InChI=1S/C12H11N3O/c16-15(12-9-5-2-6-10-12)14-13-11-7-3-1-4-8-11/h1-10,13H. The normalized spacial score (nSPS) is 11.1. The molecule has 4 heteroatoms. The minimum atomic E-state index is 0.492. The molecule has 0 heterocycles. The molecule has 0 amide bonds. The largest absolute Gasteiger partial charge is 0.691 e. The maximum atomic E-state index is 11.5. The Bertz CT molecular complexity index is 468. The fraction of sp³-hybridized carbons (Fsp3) is 0. The van der Waals surface area contributed by atoms with Gasteiger partial charge in [-0.1, -0.05) is 36.4 Å². The minimum Gasteiger partial charge on any atom is -0.691 e. The first-order valence-corrected chi connectivity index (χ1v) is 4.90. The van der Waals surface area contributed by atoms with Crippen LogP contribution in [0.4, 0.5) is 11.4 Å². The van der Waals surface area contributed by atoms with E-state index in [-0.39, 0.29) is 0 Å². The molecule has 4 nitrogen and oxygen atoms in total. The summed E-state index contributed by atoms with van der Waals surface area (Å²) >= 11 is 0. The van der Waals surface area contributed by atoms with Crippen LogP contribution in [0.25, 0.3) is 0 Å². The van der Waals surface area contributed by atoms with Crippen LogP contribution in [0.15, 0.2) is 65.9 Å². The van der Waals surface area contributed by atoms with Crippen LogP contribution in [0.2, 0.25) is 0 Å². The van der Waals surface area contributed by atoms with Gasteiger partial charge in [0, 0.05) is 0 Å². The van der Waals surface area contributed by atoms with Gasteiger partial charge in [0.25, 0.3) is 0 Å². The molecular formula is C12H11N3O. The molecule has 0 radical (unpaired) electrons. The first kappa shape index (κ1) is 10.2. The molecule has 2 aromatic carbocycles. The zero-order chi connectivity index (χ0) is 11.2. The molecule has 0 saturated heterocycles. The third kappa shape index (κ3) is 2.57. The van der Waals surface area contributed by atoms with Crippen molar-refractivity contribution in [3.63, 3.8) is 0 Å². The van der Waals surface area contributed by atoms with Gasteiger partial charge in [0.05, 0.1) is 5.22 Å². The van der Waals surface area contributed by atoms with Crippen LogP contribution in [0.1, 0.15) is 0 Å². The molecule has 0 spiro atoms. The van der Waals surface area contributed by atoms with E-state index in [4.69, 9.17) is 0 Å². The Labute approximate surface area is 93.4 Å². The van der Waals surface area contributed by atoms with Crippen LogP contribution in [0.5, 0.6) is 0 Å². The Kier molecular flexibility index (Phi) is 3.13.